The number of carbonyl (C=O) groups excluding carboxylic acids is 1. The minimum absolute atomic E-state index is 0.00231. The van der Waals surface area contributed by atoms with Gasteiger partial charge in [0.2, 0.25) is 0 Å². The molecule has 0 aromatic carbocycles. The lowest BCUT2D eigenvalue weighted by Crippen LogP contribution is -2.10. The SMILES string of the molecule is C=CC(=O)CN1C#C1. The van der Waals surface area contributed by atoms with Crippen molar-refractivity contribution in [2.24, 2.45) is 0 Å². The lowest BCUT2D eigenvalue weighted by Gasteiger charge is -1.91. The Bertz CT molecular complexity index is 176. The second kappa shape index (κ2) is 1.71. The fraction of sp³-hybridized carbons (Fsp3) is 0.167. The van der Waals surface area contributed by atoms with Crippen LogP contribution in [0.2, 0.25) is 0 Å². The van der Waals surface area contributed by atoms with Crippen LogP contribution in [0, 0.1) is 12.1 Å². The maximum absolute atomic E-state index is 10.4. The van der Waals surface area contributed by atoms with Crippen LogP contribution in [0.1, 0.15) is 0 Å². The van der Waals surface area contributed by atoms with Crippen LogP contribution in [-0.2, 0) is 4.79 Å². The predicted molar refractivity (Wildman–Crippen MR) is 29.7 cm³/mol. The molecule has 0 amide bonds. The number of carbonyl (C=O) groups is 1. The second-order valence-corrected chi connectivity index (χ2v) is 1.48. The molecule has 0 saturated carbocycles. The first-order valence-corrected chi connectivity index (χ1v) is 2.27. The van der Waals surface area contributed by atoms with E-state index in [0.29, 0.717) is 6.54 Å². The molecule has 2 nitrogen and oxygen atoms in total. The molecule has 0 aliphatic carbocycles. The largest absolute Gasteiger partial charge is 0.293 e. The number of ketones is 1. The van der Waals surface area contributed by atoms with Crippen molar-refractivity contribution in [1.82, 2.24) is 4.90 Å². The van der Waals surface area contributed by atoms with Crippen LogP contribution in [0.4, 0.5) is 0 Å². The second-order valence-electron chi connectivity index (χ2n) is 1.48. The average Bonchev–Trinajstić information content (AvgIpc) is 2.50. The molecule has 8 heavy (non-hydrogen) atoms. The predicted octanol–water partition coefficient (Wildman–Crippen LogP) is -0.0245. The van der Waals surface area contributed by atoms with Gasteiger partial charge < -0.3 is 0 Å². The van der Waals surface area contributed by atoms with Gasteiger partial charge >= 0.3 is 0 Å². The lowest BCUT2D eigenvalue weighted by molar-refractivity contribution is -0.114. The zero-order valence-corrected chi connectivity index (χ0v) is 4.35. The first-order chi connectivity index (χ1) is 3.83. The van der Waals surface area contributed by atoms with E-state index in [1.54, 1.807) is 4.90 Å². The third-order valence-corrected chi connectivity index (χ3v) is 0.812. The van der Waals surface area contributed by atoms with E-state index in [9.17, 15) is 4.79 Å². The Morgan fingerprint density at radius 2 is 2.38 bits per heavy atom. The van der Waals surface area contributed by atoms with Gasteiger partial charge in [0.05, 0.1) is 0 Å². The summed E-state index contributed by atoms with van der Waals surface area (Å²) in [6.07, 6.45) is 1.29. The third-order valence-electron chi connectivity index (χ3n) is 0.812. The van der Waals surface area contributed by atoms with Crippen molar-refractivity contribution in [3.8, 4) is 12.1 Å². The number of rotatable bonds is 3. The van der Waals surface area contributed by atoms with E-state index in [1.165, 1.54) is 6.08 Å². The van der Waals surface area contributed by atoms with Gasteiger partial charge in [-0.15, -0.1) is 0 Å². The molecule has 1 aliphatic heterocycles. The molecule has 1 heterocycles. The zero-order valence-electron chi connectivity index (χ0n) is 4.35. The molecule has 0 bridgehead atoms. The Morgan fingerprint density at radius 3 is 2.75 bits per heavy atom. The summed E-state index contributed by atoms with van der Waals surface area (Å²) in [5, 5.41) is 0. The standard InChI is InChI=1S/C6H5NO/c1-2-6(8)5-7-3-4-7/h2H,1,5H2. The molecule has 40 valence electrons. The molecule has 0 aromatic rings. The van der Waals surface area contributed by atoms with E-state index >= 15 is 0 Å². The highest BCUT2D eigenvalue weighted by atomic mass is 16.1. The first-order valence-electron chi connectivity index (χ1n) is 2.27. The first kappa shape index (κ1) is 4.92. The Labute approximate surface area is 47.8 Å². The summed E-state index contributed by atoms with van der Waals surface area (Å²) in [6, 6.07) is 5.23. The molecule has 0 spiro atoms. The summed E-state index contributed by atoms with van der Waals surface area (Å²) in [5.74, 6) is 0.00231. The molecule has 2 heteroatoms. The van der Waals surface area contributed by atoms with E-state index in [4.69, 9.17) is 0 Å². The van der Waals surface area contributed by atoms with Gasteiger partial charge in [-0.05, 0) is 6.08 Å². The highest BCUT2D eigenvalue weighted by Gasteiger charge is 2.07. The molecule has 1 aliphatic rings. The number of hydrogen-bond acceptors (Lipinski definition) is 2. The van der Waals surface area contributed by atoms with Crippen molar-refractivity contribution < 1.29 is 4.79 Å². The smallest absolute Gasteiger partial charge is 0.176 e. The maximum atomic E-state index is 10.4. The molecule has 1 rings (SSSR count). The normalized spacial score (nSPS) is 11.8. The van der Waals surface area contributed by atoms with Gasteiger partial charge in [0.25, 0.3) is 0 Å². The monoisotopic (exact) mass is 107 g/mol. The molecule has 0 radical (unpaired) electrons. The summed E-state index contributed by atoms with van der Waals surface area (Å²) < 4.78 is 0. The summed E-state index contributed by atoms with van der Waals surface area (Å²) >= 11 is 0. The Kier molecular flexibility index (Phi) is 1.05. The fourth-order valence-electron chi connectivity index (χ4n) is 0.335. The maximum Gasteiger partial charge on any atom is 0.176 e. The number of nitrogens with zero attached hydrogens (tertiary/aromatic N) is 1. The molecule has 0 fully saturated rings. The van der Waals surface area contributed by atoms with Crippen LogP contribution in [0.5, 0.6) is 0 Å². The molecule has 0 atom stereocenters. The van der Waals surface area contributed by atoms with Gasteiger partial charge in [-0.2, -0.15) is 0 Å². The minimum Gasteiger partial charge on any atom is -0.293 e. The van der Waals surface area contributed by atoms with Crippen LogP contribution in [0.15, 0.2) is 12.7 Å². The molecular formula is C6H5NO. The quantitative estimate of drug-likeness (QED) is 0.373. The molecular weight excluding hydrogens is 102 g/mol. The van der Waals surface area contributed by atoms with E-state index in [2.05, 4.69) is 18.7 Å². The molecule has 0 N–H and O–H groups in total. The van der Waals surface area contributed by atoms with Gasteiger partial charge in [0, 0.05) is 12.1 Å². The Hall–Kier alpha value is -1.23. The summed E-state index contributed by atoms with van der Waals surface area (Å²) in [5.41, 5.74) is 0. The van der Waals surface area contributed by atoms with Gasteiger partial charge in [0.1, 0.15) is 6.54 Å². The highest BCUT2D eigenvalue weighted by Crippen LogP contribution is 1.92. The summed E-state index contributed by atoms with van der Waals surface area (Å²) in [6.45, 7) is 3.66. The van der Waals surface area contributed by atoms with Crippen molar-refractivity contribution in [2.75, 3.05) is 6.54 Å². The zero-order chi connectivity index (χ0) is 5.98. The van der Waals surface area contributed by atoms with Crippen molar-refractivity contribution in [2.45, 2.75) is 0 Å². The summed E-state index contributed by atoms with van der Waals surface area (Å²) in [4.78, 5) is 12.0. The molecule has 0 unspecified atom stereocenters. The Balaban J connectivity index is 2.18. The summed E-state index contributed by atoms with van der Waals surface area (Å²) in [7, 11) is 0. The minimum atomic E-state index is 0.00231. The topological polar surface area (TPSA) is 20.1 Å². The van der Waals surface area contributed by atoms with E-state index in [0.717, 1.165) is 0 Å². The van der Waals surface area contributed by atoms with Crippen molar-refractivity contribution in [3.05, 3.63) is 12.7 Å². The van der Waals surface area contributed by atoms with Crippen LogP contribution >= 0.6 is 0 Å². The highest BCUT2D eigenvalue weighted by molar-refractivity contribution is 5.91. The molecule has 0 aromatic heterocycles. The Morgan fingerprint density at radius 1 is 1.75 bits per heavy atom. The van der Waals surface area contributed by atoms with E-state index in [1.807, 2.05) is 0 Å². The van der Waals surface area contributed by atoms with E-state index in [-0.39, 0.29) is 5.78 Å². The van der Waals surface area contributed by atoms with Gasteiger partial charge in [-0.25, -0.2) is 4.90 Å². The average molecular weight is 107 g/mol. The van der Waals surface area contributed by atoms with Crippen LogP contribution in [0.25, 0.3) is 0 Å². The third kappa shape index (κ3) is 1.12. The van der Waals surface area contributed by atoms with Crippen molar-refractivity contribution >= 4 is 5.78 Å². The van der Waals surface area contributed by atoms with Gasteiger partial charge in [-0.3, -0.25) is 4.79 Å². The van der Waals surface area contributed by atoms with Gasteiger partial charge in [0.15, 0.2) is 5.78 Å². The van der Waals surface area contributed by atoms with E-state index < -0.39 is 0 Å². The van der Waals surface area contributed by atoms with Crippen molar-refractivity contribution in [1.29, 1.82) is 0 Å². The van der Waals surface area contributed by atoms with Crippen molar-refractivity contribution in [3.63, 3.8) is 0 Å². The fourth-order valence-corrected chi connectivity index (χ4v) is 0.335. The van der Waals surface area contributed by atoms with Crippen LogP contribution in [-0.4, -0.2) is 17.2 Å². The lowest BCUT2D eigenvalue weighted by atomic mass is 10.4. The van der Waals surface area contributed by atoms with Crippen LogP contribution < -0.4 is 0 Å². The van der Waals surface area contributed by atoms with Crippen LogP contribution in [0.3, 0.4) is 0 Å². The number of hydrogen-bond donors (Lipinski definition) is 0. The molecule has 0 saturated heterocycles. The van der Waals surface area contributed by atoms with Gasteiger partial charge in [-0.1, -0.05) is 6.58 Å².